The Balaban J connectivity index is 1.37. The van der Waals surface area contributed by atoms with Crippen molar-refractivity contribution in [3.8, 4) is 5.69 Å². The molecule has 0 unspecified atom stereocenters. The Morgan fingerprint density at radius 1 is 1.11 bits per heavy atom. The topological polar surface area (TPSA) is 75.9 Å². The van der Waals surface area contributed by atoms with Gasteiger partial charge in [-0.2, -0.15) is 13.2 Å². The normalized spacial score (nSPS) is 14.9. The zero-order valence-electron chi connectivity index (χ0n) is 20.3. The van der Waals surface area contributed by atoms with E-state index in [1.54, 1.807) is 31.6 Å². The lowest BCUT2D eigenvalue weighted by molar-refractivity contribution is -0.137. The first-order chi connectivity index (χ1) is 17.7. The summed E-state index contributed by atoms with van der Waals surface area (Å²) in [6, 6.07) is 9.14. The van der Waals surface area contributed by atoms with Crippen LogP contribution in [0.15, 0.2) is 67.6 Å². The van der Waals surface area contributed by atoms with Crippen LogP contribution in [0.25, 0.3) is 5.69 Å². The molecule has 2 aromatic carbocycles. The van der Waals surface area contributed by atoms with E-state index in [4.69, 9.17) is 0 Å². The fourth-order valence-corrected chi connectivity index (χ4v) is 4.81. The molecule has 0 saturated carbocycles. The van der Waals surface area contributed by atoms with Gasteiger partial charge in [0.1, 0.15) is 6.33 Å². The van der Waals surface area contributed by atoms with E-state index in [0.717, 1.165) is 48.3 Å². The zero-order chi connectivity index (χ0) is 26.2. The molecular weight excluding hydrogens is 481 g/mol. The van der Waals surface area contributed by atoms with E-state index in [9.17, 15) is 18.0 Å². The van der Waals surface area contributed by atoms with E-state index in [0.29, 0.717) is 11.3 Å². The number of carbonyl (C=O) groups is 1. The molecule has 0 bridgehead atoms. The average Bonchev–Trinajstić information content (AvgIpc) is 3.50. The van der Waals surface area contributed by atoms with Crippen LogP contribution in [-0.4, -0.2) is 38.0 Å². The molecule has 2 aromatic heterocycles. The number of aromatic nitrogens is 4. The van der Waals surface area contributed by atoms with E-state index in [1.165, 1.54) is 23.3 Å². The maximum absolute atomic E-state index is 13.6. The first-order valence-corrected chi connectivity index (χ1v) is 11.9. The molecule has 1 aliphatic rings. The quantitative estimate of drug-likeness (QED) is 0.387. The SMILES string of the molecule is CCN(c1cncnc1)[C@@H]1Cc2ccc(C(=O)Nc3cc(-n4cnc(C)c4)cc(C(F)(F)F)c3)cc2C1. The molecule has 0 saturated heterocycles. The number of carbonyl (C=O) groups excluding carboxylic acids is 1. The predicted octanol–water partition coefficient (Wildman–Crippen LogP) is 5.24. The van der Waals surface area contributed by atoms with E-state index in [-0.39, 0.29) is 17.4 Å². The Labute approximate surface area is 212 Å². The molecule has 1 aliphatic carbocycles. The largest absolute Gasteiger partial charge is 0.416 e. The van der Waals surface area contributed by atoms with Crippen LogP contribution in [0.4, 0.5) is 24.5 Å². The van der Waals surface area contributed by atoms with Gasteiger partial charge >= 0.3 is 6.18 Å². The van der Waals surface area contributed by atoms with Crippen molar-refractivity contribution in [3.63, 3.8) is 0 Å². The van der Waals surface area contributed by atoms with Crippen molar-refractivity contribution in [3.05, 3.63) is 95.6 Å². The molecule has 0 aliphatic heterocycles. The van der Waals surface area contributed by atoms with E-state index >= 15 is 0 Å². The monoisotopic (exact) mass is 506 g/mol. The third kappa shape index (κ3) is 5.18. The van der Waals surface area contributed by atoms with E-state index in [2.05, 4.69) is 32.1 Å². The zero-order valence-corrected chi connectivity index (χ0v) is 20.3. The van der Waals surface area contributed by atoms with Gasteiger partial charge in [0.15, 0.2) is 0 Å². The minimum atomic E-state index is -4.57. The van der Waals surface area contributed by atoms with Gasteiger partial charge in [-0.05, 0) is 68.1 Å². The lowest BCUT2D eigenvalue weighted by Crippen LogP contribution is -2.35. The summed E-state index contributed by atoms with van der Waals surface area (Å²) in [5, 5.41) is 2.65. The number of nitrogens with zero attached hydrogens (tertiary/aromatic N) is 5. The molecule has 2 heterocycles. The number of anilines is 2. The first kappa shape index (κ1) is 24.5. The minimum absolute atomic E-state index is 0.0563. The summed E-state index contributed by atoms with van der Waals surface area (Å²) < 4.78 is 42.2. The van der Waals surface area contributed by atoms with Crippen molar-refractivity contribution < 1.29 is 18.0 Å². The summed E-state index contributed by atoms with van der Waals surface area (Å²) in [6.07, 6.45) is 5.12. The van der Waals surface area contributed by atoms with Gasteiger partial charge in [-0.1, -0.05) is 6.07 Å². The predicted molar refractivity (Wildman–Crippen MR) is 134 cm³/mol. The molecule has 1 N–H and O–H groups in total. The van der Waals surface area contributed by atoms with Crippen LogP contribution < -0.4 is 10.2 Å². The van der Waals surface area contributed by atoms with Crippen molar-refractivity contribution in [1.29, 1.82) is 0 Å². The number of halogens is 3. The number of hydrogen-bond donors (Lipinski definition) is 1. The molecule has 7 nitrogen and oxygen atoms in total. The average molecular weight is 507 g/mol. The number of rotatable bonds is 6. The lowest BCUT2D eigenvalue weighted by atomic mass is 10.1. The van der Waals surface area contributed by atoms with Crippen LogP contribution in [0.3, 0.4) is 0 Å². The Morgan fingerprint density at radius 3 is 2.54 bits per heavy atom. The molecule has 190 valence electrons. The smallest absolute Gasteiger partial charge is 0.366 e. The molecule has 4 aromatic rings. The summed E-state index contributed by atoms with van der Waals surface area (Å²) in [5.74, 6) is -0.470. The summed E-state index contributed by atoms with van der Waals surface area (Å²) in [7, 11) is 0. The number of amides is 1. The number of fused-ring (bicyclic) bond motifs is 1. The number of likely N-dealkylation sites (N-methyl/N-ethyl adjacent to an activating group) is 1. The molecule has 0 fully saturated rings. The summed E-state index contributed by atoms with van der Waals surface area (Å²) >= 11 is 0. The first-order valence-electron chi connectivity index (χ1n) is 11.9. The van der Waals surface area contributed by atoms with Crippen molar-refractivity contribution in [1.82, 2.24) is 19.5 Å². The van der Waals surface area contributed by atoms with Crippen LogP contribution in [0.5, 0.6) is 0 Å². The summed E-state index contributed by atoms with van der Waals surface area (Å²) in [4.78, 5) is 27.6. The molecule has 5 rings (SSSR count). The maximum Gasteiger partial charge on any atom is 0.416 e. The Morgan fingerprint density at radius 2 is 1.86 bits per heavy atom. The molecular formula is C27H25F3N6O. The highest BCUT2D eigenvalue weighted by atomic mass is 19.4. The second kappa shape index (κ2) is 9.68. The van der Waals surface area contributed by atoms with E-state index < -0.39 is 17.6 Å². The van der Waals surface area contributed by atoms with Gasteiger partial charge < -0.3 is 14.8 Å². The number of hydrogen-bond acceptors (Lipinski definition) is 5. The van der Waals surface area contributed by atoms with Crippen LogP contribution in [-0.2, 0) is 19.0 Å². The third-order valence-electron chi connectivity index (χ3n) is 6.55. The standard InChI is InChI=1S/C27H25F3N6O/c1-3-36(25-12-31-15-32-13-25)24-7-18-4-5-19(6-20(18)8-24)26(37)34-22-9-21(27(28,29)30)10-23(11-22)35-14-17(2)33-16-35/h4-6,9-16,24H,3,7-8H2,1-2H3,(H,34,37)/t24-/m1/s1. The van der Waals surface area contributed by atoms with Crippen LogP contribution in [0.1, 0.15) is 39.7 Å². The van der Waals surface area contributed by atoms with Gasteiger partial charge in [-0.3, -0.25) is 4.79 Å². The van der Waals surface area contributed by atoms with Crippen molar-refractivity contribution in [2.45, 2.75) is 38.9 Å². The van der Waals surface area contributed by atoms with Gasteiger partial charge in [0.25, 0.3) is 5.91 Å². The second-order valence-corrected chi connectivity index (χ2v) is 9.07. The Hall–Kier alpha value is -4.21. The highest BCUT2D eigenvalue weighted by molar-refractivity contribution is 6.04. The highest BCUT2D eigenvalue weighted by Gasteiger charge is 2.32. The number of nitrogens with one attached hydrogen (secondary N) is 1. The van der Waals surface area contributed by atoms with Gasteiger partial charge in [0.05, 0.1) is 35.7 Å². The molecule has 1 amide bonds. The summed E-state index contributed by atoms with van der Waals surface area (Å²) in [5.41, 5.74) is 3.65. The Kier molecular flexibility index (Phi) is 6.41. The number of benzene rings is 2. The fourth-order valence-electron chi connectivity index (χ4n) is 4.81. The van der Waals surface area contributed by atoms with Crippen molar-refractivity contribution in [2.24, 2.45) is 0 Å². The van der Waals surface area contributed by atoms with Gasteiger partial charge in [-0.25, -0.2) is 15.0 Å². The fraction of sp³-hybridized carbons (Fsp3) is 0.259. The summed E-state index contributed by atoms with van der Waals surface area (Å²) in [6.45, 7) is 4.61. The molecule has 0 radical (unpaired) electrons. The molecule has 10 heteroatoms. The molecule has 0 spiro atoms. The number of imidazole rings is 1. The number of aryl methyl sites for hydroxylation is 1. The van der Waals surface area contributed by atoms with Crippen LogP contribution in [0, 0.1) is 6.92 Å². The maximum atomic E-state index is 13.6. The van der Waals surface area contributed by atoms with Gasteiger partial charge in [-0.15, -0.1) is 0 Å². The van der Waals surface area contributed by atoms with Crippen molar-refractivity contribution >= 4 is 17.3 Å². The molecule has 1 atom stereocenters. The molecule has 37 heavy (non-hydrogen) atoms. The van der Waals surface area contributed by atoms with Crippen LogP contribution >= 0.6 is 0 Å². The number of alkyl halides is 3. The van der Waals surface area contributed by atoms with Gasteiger partial charge in [0.2, 0.25) is 0 Å². The highest BCUT2D eigenvalue weighted by Crippen LogP contribution is 2.34. The minimum Gasteiger partial charge on any atom is -0.366 e. The lowest BCUT2D eigenvalue weighted by Gasteiger charge is -2.29. The van der Waals surface area contributed by atoms with E-state index in [1.807, 2.05) is 12.1 Å². The van der Waals surface area contributed by atoms with Crippen LogP contribution in [0.2, 0.25) is 0 Å². The van der Waals surface area contributed by atoms with Gasteiger partial charge in [0, 0.05) is 35.7 Å². The van der Waals surface area contributed by atoms with Crippen molar-refractivity contribution in [2.75, 3.05) is 16.8 Å². The Bertz CT molecular complexity index is 1430. The second-order valence-electron chi connectivity index (χ2n) is 9.07. The third-order valence-corrected chi connectivity index (χ3v) is 6.55.